The van der Waals surface area contributed by atoms with E-state index in [0.29, 0.717) is 0 Å². The van der Waals surface area contributed by atoms with Gasteiger partial charge in [0.1, 0.15) is 0 Å². The Morgan fingerprint density at radius 2 is 0.500 bits per heavy atom. The lowest BCUT2D eigenvalue weighted by atomic mass is 10.0. The summed E-state index contributed by atoms with van der Waals surface area (Å²) in [6, 6.07) is 0. The molecule has 32 heavy (non-hydrogen) atoms. The van der Waals surface area contributed by atoms with Crippen molar-refractivity contribution in [3.63, 3.8) is 0 Å². The largest absolute Gasteiger partial charge is 0.326 e. The van der Waals surface area contributed by atoms with Crippen molar-refractivity contribution < 1.29 is 4.48 Å². The van der Waals surface area contributed by atoms with Crippen LogP contribution < -0.4 is 0 Å². The lowest BCUT2D eigenvalue weighted by Crippen LogP contribution is -2.46. The van der Waals surface area contributed by atoms with Gasteiger partial charge in [0.25, 0.3) is 0 Å². The van der Waals surface area contributed by atoms with Gasteiger partial charge in [-0.3, -0.25) is 0 Å². The molecule has 0 aliphatic heterocycles. The highest BCUT2D eigenvalue weighted by Gasteiger charge is 2.19. The second-order valence-electron chi connectivity index (χ2n) is 11.2. The van der Waals surface area contributed by atoms with Crippen molar-refractivity contribution in [2.45, 2.75) is 175 Å². The van der Waals surface area contributed by atoms with Crippen LogP contribution in [0.15, 0.2) is 0 Å². The summed E-state index contributed by atoms with van der Waals surface area (Å²) in [6.07, 6.45) is 34.9. The predicted octanol–water partition coefficient (Wildman–Crippen LogP) is 10.9. The van der Waals surface area contributed by atoms with Crippen molar-refractivity contribution in [3.8, 4) is 0 Å². The number of nitrogens with zero attached hydrogens (tertiary/aromatic N) is 1. The van der Waals surface area contributed by atoms with E-state index < -0.39 is 0 Å². The summed E-state index contributed by atoms with van der Waals surface area (Å²) in [5, 5.41) is 0. The normalized spacial score (nSPS) is 12.0. The van der Waals surface area contributed by atoms with Gasteiger partial charge in [0, 0.05) is 0 Å². The third-order valence-corrected chi connectivity index (χ3v) is 7.65. The fraction of sp³-hybridized carbons (Fsp3) is 1.00. The Kier molecular flexibility index (Phi) is 25.5. The predicted molar refractivity (Wildman–Crippen MR) is 149 cm³/mol. The van der Waals surface area contributed by atoms with Crippen LogP contribution in [-0.2, 0) is 0 Å². The molecule has 0 radical (unpaired) electrons. The first-order chi connectivity index (χ1) is 15.7. The summed E-state index contributed by atoms with van der Waals surface area (Å²) < 4.78 is 1.35. The summed E-state index contributed by atoms with van der Waals surface area (Å²) in [5.74, 6) is 0. The molecule has 0 saturated heterocycles. The summed E-state index contributed by atoms with van der Waals surface area (Å²) in [5.41, 5.74) is 0. The van der Waals surface area contributed by atoms with Crippen LogP contribution in [0.1, 0.15) is 175 Å². The molecule has 0 aromatic heterocycles. The molecular weight excluding hydrogens is 386 g/mol. The molecule has 0 amide bonds. The van der Waals surface area contributed by atoms with Gasteiger partial charge in [-0.2, -0.15) is 0 Å². The number of unbranched alkanes of at least 4 members (excludes halogenated alkanes) is 21. The highest BCUT2D eigenvalue weighted by Crippen LogP contribution is 2.16. The minimum Gasteiger partial charge on any atom is -0.326 e. The maximum atomic E-state index is 2.56. The van der Waals surface area contributed by atoms with E-state index in [1.807, 2.05) is 0 Å². The Balaban J connectivity index is 3.69. The van der Waals surface area contributed by atoms with E-state index in [-0.39, 0.29) is 0 Å². The molecule has 0 atom stereocenters. The topological polar surface area (TPSA) is 0 Å². The van der Waals surface area contributed by atoms with E-state index in [4.69, 9.17) is 0 Å². The van der Waals surface area contributed by atoms with Crippen LogP contribution in [0.3, 0.4) is 0 Å². The third-order valence-electron chi connectivity index (χ3n) is 7.65. The fourth-order valence-electron chi connectivity index (χ4n) is 5.19. The Hall–Kier alpha value is -0.0400. The maximum Gasteiger partial charge on any atom is 0.0784 e. The van der Waals surface area contributed by atoms with Crippen molar-refractivity contribution >= 4 is 0 Å². The zero-order chi connectivity index (χ0) is 23.6. The highest BCUT2D eigenvalue weighted by atomic mass is 15.3. The second kappa shape index (κ2) is 25.6. The monoisotopic (exact) mass is 453 g/mol. The average Bonchev–Trinajstić information content (AvgIpc) is 2.80. The fourth-order valence-corrected chi connectivity index (χ4v) is 5.19. The molecule has 194 valence electrons. The van der Waals surface area contributed by atoms with Crippen LogP contribution in [0, 0.1) is 0 Å². The van der Waals surface area contributed by atoms with Gasteiger partial charge in [0.2, 0.25) is 0 Å². The van der Waals surface area contributed by atoms with Crippen molar-refractivity contribution in [1.82, 2.24) is 0 Å². The second-order valence-corrected chi connectivity index (χ2v) is 11.2. The molecule has 0 aliphatic rings. The van der Waals surface area contributed by atoms with E-state index in [1.165, 1.54) is 178 Å². The Labute approximate surface area is 206 Å². The lowest BCUT2D eigenvalue weighted by molar-refractivity contribution is -0.910. The number of rotatable bonds is 27. The van der Waals surface area contributed by atoms with Gasteiger partial charge in [0.15, 0.2) is 0 Å². The lowest BCUT2D eigenvalue weighted by Gasteiger charge is -2.35. The average molecular weight is 453 g/mol. The molecule has 0 fully saturated rings. The molecule has 0 saturated carbocycles. The molecule has 0 bridgehead atoms. The molecule has 0 heterocycles. The minimum absolute atomic E-state index is 1.35. The molecule has 1 heteroatoms. The Morgan fingerprint density at radius 3 is 0.781 bits per heavy atom. The van der Waals surface area contributed by atoms with E-state index in [9.17, 15) is 0 Å². The standard InChI is InChI=1S/C31H66N/c1-5-8-11-13-15-17-19-21-23-25-27-30-32(4,29-10-7-3)31-28-26-24-22-20-18-16-14-12-9-6-2/h5-31H2,1-4H3/q+1. The van der Waals surface area contributed by atoms with Crippen LogP contribution in [0.4, 0.5) is 0 Å². The zero-order valence-corrected chi connectivity index (χ0v) is 23.5. The minimum atomic E-state index is 1.35. The first kappa shape index (κ1) is 32.0. The van der Waals surface area contributed by atoms with Gasteiger partial charge in [-0.1, -0.05) is 143 Å². The van der Waals surface area contributed by atoms with Crippen LogP contribution in [-0.4, -0.2) is 31.2 Å². The first-order valence-corrected chi connectivity index (χ1v) is 15.5. The van der Waals surface area contributed by atoms with Gasteiger partial charge in [-0.25, -0.2) is 0 Å². The number of hydrogen-bond acceptors (Lipinski definition) is 0. The third kappa shape index (κ3) is 23.1. The molecule has 0 unspecified atom stereocenters. The molecule has 0 N–H and O–H groups in total. The van der Waals surface area contributed by atoms with Crippen molar-refractivity contribution in [1.29, 1.82) is 0 Å². The molecular formula is C31H66N+. The summed E-state index contributed by atoms with van der Waals surface area (Å²) in [6.45, 7) is 11.2. The highest BCUT2D eigenvalue weighted by molar-refractivity contribution is 4.52. The molecule has 0 aromatic rings. The Morgan fingerprint density at radius 1 is 0.281 bits per heavy atom. The zero-order valence-electron chi connectivity index (χ0n) is 23.5. The number of hydrogen-bond donors (Lipinski definition) is 0. The molecule has 0 spiro atoms. The smallest absolute Gasteiger partial charge is 0.0784 e. The molecule has 0 aromatic carbocycles. The molecule has 0 rings (SSSR count). The molecule has 0 aliphatic carbocycles. The molecule has 1 nitrogen and oxygen atoms in total. The van der Waals surface area contributed by atoms with Gasteiger partial charge < -0.3 is 4.48 Å². The van der Waals surface area contributed by atoms with Crippen LogP contribution >= 0.6 is 0 Å². The first-order valence-electron chi connectivity index (χ1n) is 15.5. The van der Waals surface area contributed by atoms with Gasteiger partial charge in [-0.05, 0) is 32.1 Å². The van der Waals surface area contributed by atoms with Gasteiger partial charge in [0.05, 0.1) is 26.7 Å². The quantitative estimate of drug-likeness (QED) is 0.0858. The van der Waals surface area contributed by atoms with Crippen LogP contribution in [0.2, 0.25) is 0 Å². The van der Waals surface area contributed by atoms with Crippen molar-refractivity contribution in [3.05, 3.63) is 0 Å². The SMILES string of the molecule is CCCCCCCCCCCCC[N+](C)(CCCC)CCCCCCCCCCCCC. The van der Waals surface area contributed by atoms with E-state index in [0.717, 1.165) is 0 Å². The van der Waals surface area contributed by atoms with Crippen LogP contribution in [0.5, 0.6) is 0 Å². The van der Waals surface area contributed by atoms with Crippen LogP contribution in [0.25, 0.3) is 0 Å². The summed E-state index contributed by atoms with van der Waals surface area (Å²) in [7, 11) is 2.56. The Bertz CT molecular complexity index is 311. The van der Waals surface area contributed by atoms with Gasteiger partial charge >= 0.3 is 0 Å². The summed E-state index contributed by atoms with van der Waals surface area (Å²) >= 11 is 0. The van der Waals surface area contributed by atoms with E-state index >= 15 is 0 Å². The van der Waals surface area contributed by atoms with Gasteiger partial charge in [-0.15, -0.1) is 0 Å². The van der Waals surface area contributed by atoms with E-state index in [2.05, 4.69) is 27.8 Å². The number of quaternary nitrogens is 1. The van der Waals surface area contributed by atoms with Crippen molar-refractivity contribution in [2.75, 3.05) is 26.7 Å². The van der Waals surface area contributed by atoms with Crippen molar-refractivity contribution in [2.24, 2.45) is 0 Å². The maximum absolute atomic E-state index is 2.56. The van der Waals surface area contributed by atoms with E-state index in [1.54, 1.807) is 0 Å². The summed E-state index contributed by atoms with van der Waals surface area (Å²) in [4.78, 5) is 0.